The van der Waals surface area contributed by atoms with Gasteiger partial charge >= 0.3 is 0 Å². The first kappa shape index (κ1) is 20.4. The van der Waals surface area contributed by atoms with Crippen LogP contribution in [-0.4, -0.2) is 47.1 Å². The Morgan fingerprint density at radius 1 is 1.00 bits per heavy atom. The van der Waals surface area contributed by atoms with Crippen LogP contribution in [0, 0.1) is 5.82 Å². The average Bonchev–Trinajstić information content (AvgIpc) is 3.57. The van der Waals surface area contributed by atoms with E-state index in [0.717, 1.165) is 28.9 Å². The van der Waals surface area contributed by atoms with Gasteiger partial charge in [-0.15, -0.1) is 0 Å². The van der Waals surface area contributed by atoms with Crippen molar-refractivity contribution in [2.24, 2.45) is 0 Å². The topological polar surface area (TPSA) is 55.3 Å². The van der Waals surface area contributed by atoms with E-state index in [1.807, 2.05) is 18.2 Å². The second kappa shape index (κ2) is 8.01. The van der Waals surface area contributed by atoms with Gasteiger partial charge in [-0.05, 0) is 48.7 Å². The lowest BCUT2D eigenvalue weighted by Gasteiger charge is -2.26. The number of pyridine rings is 1. The molecule has 166 valence electrons. The molecule has 4 aromatic rings. The summed E-state index contributed by atoms with van der Waals surface area (Å²) in [6, 6.07) is 19.1. The molecule has 0 spiro atoms. The molecular weight excluding hydrogens is 437 g/mol. The molecule has 2 aliphatic rings. The van der Waals surface area contributed by atoms with Crippen molar-refractivity contribution in [3.8, 4) is 10.6 Å². The van der Waals surface area contributed by atoms with Crippen LogP contribution in [0.1, 0.15) is 34.5 Å². The Bertz CT molecular complexity index is 1340. The number of hydrogen-bond donors (Lipinski definition) is 0. The number of amides is 1. The number of nitrogens with zero attached hydrogens (tertiary/aromatic N) is 3. The van der Waals surface area contributed by atoms with Gasteiger partial charge in [0.05, 0.1) is 18.9 Å². The number of halogens is 1. The number of hydrogen-bond acceptors (Lipinski definition) is 5. The molecule has 2 fully saturated rings. The van der Waals surface area contributed by atoms with Crippen LogP contribution in [0.15, 0.2) is 60.7 Å². The lowest BCUT2D eigenvalue weighted by molar-refractivity contribution is 0.0302. The van der Waals surface area contributed by atoms with E-state index in [-0.39, 0.29) is 11.3 Å². The third-order valence-electron chi connectivity index (χ3n) is 6.57. The van der Waals surface area contributed by atoms with Gasteiger partial charge in [-0.2, -0.15) is 0 Å². The molecule has 1 saturated heterocycles. The highest BCUT2D eigenvalue weighted by atomic mass is 32.1. The third kappa shape index (κ3) is 3.61. The van der Waals surface area contributed by atoms with E-state index in [9.17, 15) is 4.79 Å². The van der Waals surface area contributed by atoms with Crippen molar-refractivity contribution in [2.75, 3.05) is 26.3 Å². The lowest BCUT2D eigenvalue weighted by Crippen LogP contribution is -2.40. The number of aromatic nitrogens is 2. The molecule has 3 heterocycles. The Balaban J connectivity index is 1.31. The molecule has 0 bridgehead atoms. The summed E-state index contributed by atoms with van der Waals surface area (Å²) < 4.78 is 20.3. The molecule has 0 atom stereocenters. The normalized spacial score (nSPS) is 17.3. The largest absolute Gasteiger partial charge is 0.378 e. The number of rotatable bonds is 4. The molecule has 2 aromatic heterocycles. The van der Waals surface area contributed by atoms with Crippen molar-refractivity contribution in [3.63, 3.8) is 0 Å². The highest BCUT2D eigenvalue weighted by molar-refractivity contribution is 7.21. The maximum absolute atomic E-state index is 15.0. The molecule has 1 aliphatic heterocycles. The Morgan fingerprint density at radius 3 is 2.52 bits per heavy atom. The molecule has 1 saturated carbocycles. The molecule has 1 amide bonds. The number of fused-ring (bicyclic) bond motifs is 1. The van der Waals surface area contributed by atoms with Crippen molar-refractivity contribution >= 4 is 27.6 Å². The number of carbonyl (C=O) groups excluding carboxylic acids is 1. The monoisotopic (exact) mass is 459 g/mol. The maximum atomic E-state index is 15.0. The molecule has 0 radical (unpaired) electrons. The summed E-state index contributed by atoms with van der Waals surface area (Å²) in [5, 5.41) is 0.571. The van der Waals surface area contributed by atoms with Crippen LogP contribution < -0.4 is 0 Å². The maximum Gasteiger partial charge on any atom is 0.254 e. The summed E-state index contributed by atoms with van der Waals surface area (Å²) >= 11 is 1.39. The zero-order chi connectivity index (χ0) is 22.4. The number of carbonyl (C=O) groups is 1. The molecule has 7 heteroatoms. The Kier molecular flexibility index (Phi) is 4.96. The predicted octanol–water partition coefficient (Wildman–Crippen LogP) is 5.05. The summed E-state index contributed by atoms with van der Waals surface area (Å²) in [6.45, 7) is 2.08. The van der Waals surface area contributed by atoms with Crippen LogP contribution in [0.2, 0.25) is 0 Å². The Morgan fingerprint density at radius 2 is 1.79 bits per heavy atom. The second-order valence-electron chi connectivity index (χ2n) is 8.59. The highest BCUT2D eigenvalue weighted by Crippen LogP contribution is 2.53. The smallest absolute Gasteiger partial charge is 0.254 e. The fourth-order valence-corrected chi connectivity index (χ4v) is 5.51. The Hall–Kier alpha value is -3.16. The van der Waals surface area contributed by atoms with Crippen LogP contribution in [0.25, 0.3) is 20.9 Å². The summed E-state index contributed by atoms with van der Waals surface area (Å²) in [4.78, 5) is 24.7. The fourth-order valence-electron chi connectivity index (χ4n) is 4.54. The number of benzene rings is 2. The third-order valence-corrected chi connectivity index (χ3v) is 7.57. The number of thiazole rings is 1. The van der Waals surface area contributed by atoms with E-state index < -0.39 is 5.82 Å². The molecule has 2 aromatic carbocycles. The molecular formula is C26H22FN3O2S. The van der Waals surface area contributed by atoms with E-state index in [0.29, 0.717) is 42.4 Å². The molecule has 33 heavy (non-hydrogen) atoms. The van der Waals surface area contributed by atoms with Crippen LogP contribution in [0.5, 0.6) is 0 Å². The second-order valence-corrected chi connectivity index (χ2v) is 9.56. The van der Waals surface area contributed by atoms with Gasteiger partial charge in [0.15, 0.2) is 0 Å². The fraction of sp³-hybridized carbons (Fsp3) is 0.269. The molecule has 6 rings (SSSR count). The first-order valence-corrected chi connectivity index (χ1v) is 12.0. The van der Waals surface area contributed by atoms with E-state index >= 15 is 4.39 Å². The molecule has 0 unspecified atom stereocenters. The van der Waals surface area contributed by atoms with E-state index in [1.54, 1.807) is 17.0 Å². The van der Waals surface area contributed by atoms with Gasteiger partial charge in [-0.25, -0.2) is 14.4 Å². The zero-order valence-corrected chi connectivity index (χ0v) is 18.8. The van der Waals surface area contributed by atoms with Gasteiger partial charge in [0.1, 0.15) is 21.2 Å². The molecule has 0 N–H and O–H groups in total. The summed E-state index contributed by atoms with van der Waals surface area (Å²) in [5.41, 5.74) is 3.80. The van der Waals surface area contributed by atoms with Crippen LogP contribution in [0.4, 0.5) is 4.39 Å². The summed E-state index contributed by atoms with van der Waals surface area (Å²) in [7, 11) is 0. The molecule has 1 aliphatic carbocycles. The van der Waals surface area contributed by atoms with Gasteiger partial charge < -0.3 is 9.64 Å². The van der Waals surface area contributed by atoms with Crippen LogP contribution in [-0.2, 0) is 10.2 Å². The van der Waals surface area contributed by atoms with Crippen molar-refractivity contribution in [1.29, 1.82) is 0 Å². The Labute approximate surface area is 194 Å². The van der Waals surface area contributed by atoms with Gasteiger partial charge in [0.2, 0.25) is 0 Å². The number of morpholine rings is 1. The zero-order valence-electron chi connectivity index (χ0n) is 18.0. The average molecular weight is 460 g/mol. The van der Waals surface area contributed by atoms with Crippen molar-refractivity contribution < 1.29 is 13.9 Å². The minimum absolute atomic E-state index is 0.0215. The SMILES string of the molecule is O=C(c1ccc(-c2nc3ccc(C4(c5ccccc5)CC4)nc3s2)c(F)c1)N1CCOCC1. The minimum Gasteiger partial charge on any atom is -0.378 e. The first-order valence-electron chi connectivity index (χ1n) is 11.1. The van der Waals surface area contributed by atoms with Crippen LogP contribution in [0.3, 0.4) is 0 Å². The van der Waals surface area contributed by atoms with Crippen molar-refractivity contribution in [3.05, 3.63) is 83.3 Å². The summed E-state index contributed by atoms with van der Waals surface area (Å²) in [6.07, 6.45) is 2.16. The lowest BCUT2D eigenvalue weighted by atomic mass is 9.92. The quantitative estimate of drug-likeness (QED) is 0.429. The highest BCUT2D eigenvalue weighted by Gasteiger charge is 2.47. The van der Waals surface area contributed by atoms with Crippen LogP contribution >= 0.6 is 11.3 Å². The van der Waals surface area contributed by atoms with Gasteiger partial charge in [0, 0.05) is 29.6 Å². The van der Waals surface area contributed by atoms with Crippen molar-refractivity contribution in [1.82, 2.24) is 14.9 Å². The van der Waals surface area contributed by atoms with Gasteiger partial charge in [0.25, 0.3) is 5.91 Å². The van der Waals surface area contributed by atoms with Gasteiger partial charge in [-0.3, -0.25) is 4.79 Å². The standard InChI is InChI=1S/C26H22FN3O2S/c27-20-16-17(25(31)30-12-14-32-15-13-30)6-7-19(20)23-28-21-8-9-22(29-24(21)33-23)26(10-11-26)18-4-2-1-3-5-18/h1-9,16H,10-15H2. The van der Waals surface area contributed by atoms with Crippen molar-refractivity contribution in [2.45, 2.75) is 18.3 Å². The summed E-state index contributed by atoms with van der Waals surface area (Å²) in [5.74, 6) is -0.619. The minimum atomic E-state index is -0.448. The van der Waals surface area contributed by atoms with Gasteiger partial charge in [-0.1, -0.05) is 41.7 Å². The first-order chi connectivity index (χ1) is 16.1. The van der Waals surface area contributed by atoms with E-state index in [2.05, 4.69) is 29.2 Å². The van der Waals surface area contributed by atoms with E-state index in [4.69, 9.17) is 9.72 Å². The number of ether oxygens (including phenoxy) is 1. The van der Waals surface area contributed by atoms with E-state index in [1.165, 1.54) is 23.0 Å². The predicted molar refractivity (Wildman–Crippen MR) is 126 cm³/mol. The molecule has 5 nitrogen and oxygen atoms in total.